The maximum absolute atomic E-state index is 13.5. The second-order valence-electron chi connectivity index (χ2n) is 3.40. The van der Waals surface area contributed by atoms with Crippen LogP contribution in [0.3, 0.4) is 0 Å². The smallest absolute Gasteiger partial charge is 0.311 e. The van der Waals surface area contributed by atoms with Crippen LogP contribution in [0.5, 0.6) is 0 Å². The molecule has 1 atom stereocenters. The number of methoxy groups -OCH3 is 2. The minimum absolute atomic E-state index is 0.0824. The summed E-state index contributed by atoms with van der Waals surface area (Å²) < 4.78 is 35.5. The van der Waals surface area contributed by atoms with Crippen LogP contribution in [0.15, 0.2) is 0 Å². The SMILES string of the molecule is CCC(CC(=O)OC)C(F)(F)CC(=O)OC. The summed E-state index contributed by atoms with van der Waals surface area (Å²) in [6.07, 6.45) is -1.34. The summed E-state index contributed by atoms with van der Waals surface area (Å²) in [6, 6.07) is 0. The maximum atomic E-state index is 13.5. The van der Waals surface area contributed by atoms with E-state index in [1.54, 1.807) is 0 Å². The van der Waals surface area contributed by atoms with E-state index in [1.807, 2.05) is 0 Å². The first-order valence-corrected chi connectivity index (χ1v) is 4.88. The fourth-order valence-electron chi connectivity index (χ4n) is 1.29. The second-order valence-corrected chi connectivity index (χ2v) is 3.40. The summed E-state index contributed by atoms with van der Waals surface area (Å²) in [5.74, 6) is -6.17. The Morgan fingerprint density at radius 2 is 1.69 bits per heavy atom. The fourth-order valence-corrected chi connectivity index (χ4v) is 1.29. The normalized spacial score (nSPS) is 13.1. The van der Waals surface area contributed by atoms with Gasteiger partial charge in [-0.2, -0.15) is 0 Å². The van der Waals surface area contributed by atoms with Gasteiger partial charge in [-0.25, -0.2) is 8.78 Å². The van der Waals surface area contributed by atoms with Crippen molar-refractivity contribution in [3.8, 4) is 0 Å². The first-order chi connectivity index (χ1) is 7.37. The molecule has 16 heavy (non-hydrogen) atoms. The Labute approximate surface area is 92.9 Å². The number of carbonyl (C=O) groups is 2. The van der Waals surface area contributed by atoms with E-state index in [4.69, 9.17) is 0 Å². The monoisotopic (exact) mass is 238 g/mol. The summed E-state index contributed by atoms with van der Waals surface area (Å²) in [7, 11) is 2.17. The van der Waals surface area contributed by atoms with Crippen LogP contribution < -0.4 is 0 Å². The van der Waals surface area contributed by atoms with Crippen molar-refractivity contribution in [3.05, 3.63) is 0 Å². The topological polar surface area (TPSA) is 52.6 Å². The van der Waals surface area contributed by atoms with Gasteiger partial charge >= 0.3 is 11.9 Å². The van der Waals surface area contributed by atoms with Crippen LogP contribution >= 0.6 is 0 Å². The summed E-state index contributed by atoms with van der Waals surface area (Å²) in [5.41, 5.74) is 0. The fraction of sp³-hybridized carbons (Fsp3) is 0.800. The molecule has 0 N–H and O–H groups in total. The van der Waals surface area contributed by atoms with Gasteiger partial charge in [0.25, 0.3) is 5.92 Å². The van der Waals surface area contributed by atoms with Gasteiger partial charge in [0.2, 0.25) is 0 Å². The Balaban J connectivity index is 4.53. The number of hydrogen-bond donors (Lipinski definition) is 0. The molecule has 0 bridgehead atoms. The lowest BCUT2D eigenvalue weighted by Crippen LogP contribution is -2.33. The number of esters is 2. The van der Waals surface area contributed by atoms with E-state index < -0.39 is 36.6 Å². The lowest BCUT2D eigenvalue weighted by Gasteiger charge is -2.23. The molecule has 0 aromatic carbocycles. The average Bonchev–Trinajstić information content (AvgIpc) is 2.24. The number of halogens is 2. The zero-order valence-electron chi connectivity index (χ0n) is 9.59. The Morgan fingerprint density at radius 3 is 2.06 bits per heavy atom. The van der Waals surface area contributed by atoms with E-state index >= 15 is 0 Å². The van der Waals surface area contributed by atoms with Crippen molar-refractivity contribution in [3.63, 3.8) is 0 Å². The Hall–Kier alpha value is -1.20. The van der Waals surface area contributed by atoms with E-state index in [-0.39, 0.29) is 6.42 Å². The van der Waals surface area contributed by atoms with Crippen LogP contribution in [-0.2, 0) is 19.1 Å². The second kappa shape index (κ2) is 6.40. The van der Waals surface area contributed by atoms with Gasteiger partial charge in [-0.3, -0.25) is 9.59 Å². The quantitative estimate of drug-likeness (QED) is 0.662. The molecule has 0 aliphatic heterocycles. The van der Waals surface area contributed by atoms with Gasteiger partial charge in [-0.1, -0.05) is 6.92 Å². The van der Waals surface area contributed by atoms with Crippen LogP contribution in [-0.4, -0.2) is 32.1 Å². The molecule has 4 nitrogen and oxygen atoms in total. The van der Waals surface area contributed by atoms with Crippen molar-refractivity contribution in [1.29, 1.82) is 0 Å². The van der Waals surface area contributed by atoms with Crippen molar-refractivity contribution < 1.29 is 27.8 Å². The maximum Gasteiger partial charge on any atom is 0.311 e. The highest BCUT2D eigenvalue weighted by atomic mass is 19.3. The first-order valence-electron chi connectivity index (χ1n) is 4.88. The van der Waals surface area contributed by atoms with E-state index in [9.17, 15) is 18.4 Å². The van der Waals surface area contributed by atoms with Gasteiger partial charge < -0.3 is 9.47 Å². The summed E-state index contributed by atoms with van der Waals surface area (Å²) >= 11 is 0. The minimum Gasteiger partial charge on any atom is -0.469 e. The molecule has 0 heterocycles. The Bertz CT molecular complexity index is 253. The van der Waals surface area contributed by atoms with Crippen LogP contribution in [0.25, 0.3) is 0 Å². The molecule has 0 saturated heterocycles. The van der Waals surface area contributed by atoms with E-state index in [0.717, 1.165) is 14.2 Å². The largest absolute Gasteiger partial charge is 0.469 e. The molecule has 0 aromatic rings. The Morgan fingerprint density at radius 1 is 1.19 bits per heavy atom. The van der Waals surface area contributed by atoms with Crippen LogP contribution in [0.2, 0.25) is 0 Å². The van der Waals surface area contributed by atoms with E-state index in [0.29, 0.717) is 0 Å². The molecule has 0 aliphatic rings. The molecule has 0 rings (SSSR count). The molecular weight excluding hydrogens is 222 g/mol. The lowest BCUT2D eigenvalue weighted by molar-refractivity contribution is -0.158. The highest BCUT2D eigenvalue weighted by molar-refractivity contribution is 5.71. The molecule has 0 amide bonds. The molecule has 0 saturated carbocycles. The zero-order chi connectivity index (χ0) is 12.8. The number of rotatable bonds is 6. The standard InChI is InChI=1S/C10H16F2O4/c1-4-7(5-8(13)15-2)10(11,12)6-9(14)16-3/h7H,4-6H2,1-3H3. The van der Waals surface area contributed by atoms with Gasteiger partial charge in [0.05, 0.1) is 20.6 Å². The van der Waals surface area contributed by atoms with E-state index in [2.05, 4.69) is 9.47 Å². The van der Waals surface area contributed by atoms with E-state index in [1.165, 1.54) is 6.92 Å². The Kier molecular flexibility index (Phi) is 5.92. The summed E-state index contributed by atoms with van der Waals surface area (Å²) in [6.45, 7) is 1.53. The van der Waals surface area contributed by atoms with Crippen LogP contribution in [0.1, 0.15) is 26.2 Å². The molecule has 0 aliphatic carbocycles. The molecule has 0 radical (unpaired) electrons. The van der Waals surface area contributed by atoms with Crippen molar-refractivity contribution >= 4 is 11.9 Å². The average molecular weight is 238 g/mol. The number of ether oxygens (including phenoxy) is 2. The zero-order valence-corrected chi connectivity index (χ0v) is 9.59. The van der Waals surface area contributed by atoms with Gasteiger partial charge in [-0.05, 0) is 6.42 Å². The van der Waals surface area contributed by atoms with Crippen molar-refractivity contribution in [2.75, 3.05) is 14.2 Å². The highest BCUT2D eigenvalue weighted by Crippen LogP contribution is 2.33. The van der Waals surface area contributed by atoms with Crippen LogP contribution in [0, 0.1) is 5.92 Å². The first kappa shape index (κ1) is 14.8. The molecule has 94 valence electrons. The number of carbonyl (C=O) groups excluding carboxylic acids is 2. The number of alkyl halides is 2. The predicted octanol–water partition coefficient (Wildman–Crippen LogP) is 1.77. The molecule has 0 aromatic heterocycles. The lowest BCUT2D eigenvalue weighted by atomic mass is 9.92. The van der Waals surface area contributed by atoms with Gasteiger partial charge in [0.15, 0.2) is 0 Å². The molecule has 0 spiro atoms. The third-order valence-electron chi connectivity index (χ3n) is 2.34. The van der Waals surface area contributed by atoms with Crippen molar-refractivity contribution in [1.82, 2.24) is 0 Å². The summed E-state index contributed by atoms with van der Waals surface area (Å²) in [5, 5.41) is 0. The third-order valence-corrected chi connectivity index (χ3v) is 2.34. The van der Waals surface area contributed by atoms with Crippen molar-refractivity contribution in [2.45, 2.75) is 32.1 Å². The number of hydrogen-bond acceptors (Lipinski definition) is 4. The predicted molar refractivity (Wildman–Crippen MR) is 52.0 cm³/mol. The van der Waals surface area contributed by atoms with Crippen LogP contribution in [0.4, 0.5) is 8.78 Å². The van der Waals surface area contributed by atoms with Gasteiger partial charge in [0.1, 0.15) is 6.42 Å². The minimum atomic E-state index is -3.25. The molecule has 6 heteroatoms. The summed E-state index contributed by atoms with van der Waals surface area (Å²) in [4.78, 5) is 21.7. The highest BCUT2D eigenvalue weighted by Gasteiger charge is 2.42. The van der Waals surface area contributed by atoms with Crippen molar-refractivity contribution in [2.24, 2.45) is 5.92 Å². The molecule has 0 fully saturated rings. The van der Waals surface area contributed by atoms with Gasteiger partial charge in [0, 0.05) is 5.92 Å². The molecular formula is C10H16F2O4. The van der Waals surface area contributed by atoms with Gasteiger partial charge in [-0.15, -0.1) is 0 Å². The molecule has 1 unspecified atom stereocenters. The third kappa shape index (κ3) is 4.55.